The molecule has 1 atom stereocenters. The Hall–Kier alpha value is -0.770. The van der Waals surface area contributed by atoms with E-state index in [1.807, 2.05) is 13.0 Å². The van der Waals surface area contributed by atoms with E-state index >= 15 is 0 Å². The molecule has 1 aromatic carbocycles. The third kappa shape index (κ3) is 2.18. The molecule has 0 spiro atoms. The molecule has 0 unspecified atom stereocenters. The summed E-state index contributed by atoms with van der Waals surface area (Å²) in [6.07, 6.45) is 0.851. The molecular weight excluding hydrogens is 200 g/mol. The summed E-state index contributed by atoms with van der Waals surface area (Å²) in [6.45, 7) is 2.30. The maximum atomic E-state index is 9.65. The van der Waals surface area contributed by atoms with Crippen molar-refractivity contribution < 1.29 is 5.11 Å². The monoisotopic (exact) mass is 214 g/mol. The van der Waals surface area contributed by atoms with Gasteiger partial charge in [-0.05, 0) is 18.1 Å². The predicted octanol–water partition coefficient (Wildman–Crippen LogP) is 1.57. The number of aryl methyl sites for hydroxylation is 1. The SMILES string of the molecule is CCc1cc(Cl)c(O)c([C@H](N)CN)c1. The molecule has 0 aliphatic heterocycles. The Labute approximate surface area is 88.7 Å². The number of phenols is 1. The minimum Gasteiger partial charge on any atom is -0.506 e. The summed E-state index contributed by atoms with van der Waals surface area (Å²) >= 11 is 5.85. The van der Waals surface area contributed by atoms with E-state index in [-0.39, 0.29) is 18.3 Å². The van der Waals surface area contributed by atoms with Gasteiger partial charge >= 0.3 is 0 Å². The van der Waals surface area contributed by atoms with E-state index in [1.165, 1.54) is 0 Å². The molecule has 0 radical (unpaired) electrons. The molecule has 0 saturated heterocycles. The maximum Gasteiger partial charge on any atom is 0.139 e. The Bertz CT molecular complexity index is 328. The van der Waals surface area contributed by atoms with E-state index < -0.39 is 0 Å². The lowest BCUT2D eigenvalue weighted by atomic mass is 10.0. The number of hydrogen-bond acceptors (Lipinski definition) is 3. The van der Waals surface area contributed by atoms with E-state index in [0.717, 1.165) is 12.0 Å². The fourth-order valence-corrected chi connectivity index (χ4v) is 1.54. The van der Waals surface area contributed by atoms with Gasteiger partial charge in [0, 0.05) is 18.2 Å². The lowest BCUT2D eigenvalue weighted by Gasteiger charge is -2.13. The average molecular weight is 215 g/mol. The highest BCUT2D eigenvalue weighted by Crippen LogP contribution is 2.32. The largest absolute Gasteiger partial charge is 0.506 e. The van der Waals surface area contributed by atoms with Crippen molar-refractivity contribution >= 4 is 11.6 Å². The van der Waals surface area contributed by atoms with Gasteiger partial charge < -0.3 is 16.6 Å². The molecule has 0 aromatic heterocycles. The van der Waals surface area contributed by atoms with Crippen LogP contribution in [0.2, 0.25) is 5.02 Å². The minimum atomic E-state index is -0.362. The zero-order valence-corrected chi connectivity index (χ0v) is 8.88. The summed E-state index contributed by atoms with van der Waals surface area (Å²) in [5.74, 6) is 0.0433. The van der Waals surface area contributed by atoms with Gasteiger partial charge in [0.25, 0.3) is 0 Å². The number of nitrogens with two attached hydrogens (primary N) is 2. The molecule has 78 valence electrons. The highest BCUT2D eigenvalue weighted by molar-refractivity contribution is 6.32. The number of benzene rings is 1. The van der Waals surface area contributed by atoms with Crippen LogP contribution in [-0.4, -0.2) is 11.7 Å². The van der Waals surface area contributed by atoms with Gasteiger partial charge in [-0.15, -0.1) is 0 Å². The van der Waals surface area contributed by atoms with Crippen LogP contribution >= 0.6 is 11.6 Å². The predicted molar refractivity (Wildman–Crippen MR) is 58.5 cm³/mol. The standard InChI is InChI=1S/C10H15ClN2O/c1-2-6-3-7(9(13)5-12)10(14)8(11)4-6/h3-4,9,14H,2,5,12-13H2,1H3/t9-/m1/s1. The Morgan fingerprint density at radius 1 is 1.50 bits per heavy atom. The van der Waals surface area contributed by atoms with Gasteiger partial charge in [-0.25, -0.2) is 0 Å². The van der Waals surface area contributed by atoms with Gasteiger partial charge in [0.1, 0.15) is 5.75 Å². The zero-order chi connectivity index (χ0) is 10.7. The Kier molecular flexibility index (Phi) is 3.75. The molecule has 0 aliphatic carbocycles. The second kappa shape index (κ2) is 4.64. The highest BCUT2D eigenvalue weighted by atomic mass is 35.5. The van der Waals surface area contributed by atoms with E-state index in [1.54, 1.807) is 6.07 Å². The molecule has 3 nitrogen and oxygen atoms in total. The van der Waals surface area contributed by atoms with Crippen molar-refractivity contribution in [2.24, 2.45) is 11.5 Å². The Morgan fingerprint density at radius 3 is 2.64 bits per heavy atom. The summed E-state index contributed by atoms with van der Waals surface area (Å²) in [7, 11) is 0. The second-order valence-electron chi connectivity index (χ2n) is 3.21. The lowest BCUT2D eigenvalue weighted by Crippen LogP contribution is -2.21. The van der Waals surface area contributed by atoms with E-state index in [9.17, 15) is 5.11 Å². The second-order valence-corrected chi connectivity index (χ2v) is 3.62. The van der Waals surface area contributed by atoms with Crippen LogP contribution in [0.25, 0.3) is 0 Å². The summed E-state index contributed by atoms with van der Waals surface area (Å²) in [4.78, 5) is 0. The molecule has 0 bridgehead atoms. The first-order valence-corrected chi connectivity index (χ1v) is 4.94. The molecule has 0 fully saturated rings. The maximum absolute atomic E-state index is 9.65. The topological polar surface area (TPSA) is 72.3 Å². The zero-order valence-electron chi connectivity index (χ0n) is 8.13. The van der Waals surface area contributed by atoms with Gasteiger partial charge in [0.2, 0.25) is 0 Å². The number of phenolic OH excluding ortho intramolecular Hbond substituents is 1. The molecule has 0 saturated carbocycles. The summed E-state index contributed by atoms with van der Waals surface area (Å²) in [6, 6.07) is 3.22. The van der Waals surface area contributed by atoms with Crippen molar-refractivity contribution in [3.05, 3.63) is 28.3 Å². The van der Waals surface area contributed by atoms with Crippen LogP contribution in [0.1, 0.15) is 24.1 Å². The van der Waals surface area contributed by atoms with Gasteiger partial charge in [0.15, 0.2) is 0 Å². The van der Waals surface area contributed by atoms with Crippen LogP contribution in [0.3, 0.4) is 0 Å². The molecule has 0 aliphatic rings. The van der Waals surface area contributed by atoms with Crippen molar-refractivity contribution in [1.82, 2.24) is 0 Å². The highest BCUT2D eigenvalue weighted by Gasteiger charge is 2.13. The van der Waals surface area contributed by atoms with Crippen LogP contribution < -0.4 is 11.5 Å². The van der Waals surface area contributed by atoms with Crippen LogP contribution in [0.4, 0.5) is 0 Å². The smallest absolute Gasteiger partial charge is 0.139 e. The fraction of sp³-hybridized carbons (Fsp3) is 0.400. The third-order valence-electron chi connectivity index (χ3n) is 2.21. The Balaban J connectivity index is 3.20. The first-order valence-electron chi connectivity index (χ1n) is 4.57. The number of aromatic hydroxyl groups is 1. The third-order valence-corrected chi connectivity index (χ3v) is 2.50. The molecule has 1 rings (SSSR count). The van der Waals surface area contributed by atoms with Crippen molar-refractivity contribution in [2.75, 3.05) is 6.54 Å². The molecular formula is C10H15ClN2O. The molecule has 0 heterocycles. The summed E-state index contributed by atoms with van der Waals surface area (Å²) in [5, 5.41) is 9.99. The first-order chi connectivity index (χ1) is 6.60. The van der Waals surface area contributed by atoms with E-state index in [2.05, 4.69) is 0 Å². The summed E-state index contributed by atoms with van der Waals surface area (Å²) in [5.41, 5.74) is 12.8. The number of rotatable bonds is 3. The van der Waals surface area contributed by atoms with Crippen molar-refractivity contribution in [2.45, 2.75) is 19.4 Å². The minimum absolute atomic E-state index is 0.0433. The van der Waals surface area contributed by atoms with Crippen LogP contribution in [0, 0.1) is 0 Å². The molecule has 0 amide bonds. The van der Waals surface area contributed by atoms with Crippen LogP contribution in [0.5, 0.6) is 5.75 Å². The van der Waals surface area contributed by atoms with Crippen LogP contribution in [0.15, 0.2) is 12.1 Å². The van der Waals surface area contributed by atoms with Gasteiger partial charge in [-0.2, -0.15) is 0 Å². The fourth-order valence-electron chi connectivity index (χ4n) is 1.29. The molecule has 14 heavy (non-hydrogen) atoms. The number of hydrogen-bond donors (Lipinski definition) is 3. The average Bonchev–Trinajstić information content (AvgIpc) is 2.20. The van der Waals surface area contributed by atoms with E-state index in [4.69, 9.17) is 23.1 Å². The van der Waals surface area contributed by atoms with Crippen molar-refractivity contribution in [3.63, 3.8) is 0 Å². The van der Waals surface area contributed by atoms with Crippen molar-refractivity contribution in [1.29, 1.82) is 0 Å². The van der Waals surface area contributed by atoms with E-state index in [0.29, 0.717) is 10.6 Å². The lowest BCUT2D eigenvalue weighted by molar-refractivity contribution is 0.462. The molecule has 5 N–H and O–H groups in total. The molecule has 4 heteroatoms. The van der Waals surface area contributed by atoms with Gasteiger partial charge in [-0.1, -0.05) is 24.6 Å². The molecule has 1 aromatic rings. The normalized spacial score (nSPS) is 12.9. The van der Waals surface area contributed by atoms with Gasteiger partial charge in [-0.3, -0.25) is 0 Å². The van der Waals surface area contributed by atoms with Gasteiger partial charge in [0.05, 0.1) is 5.02 Å². The quantitative estimate of drug-likeness (QED) is 0.715. The Morgan fingerprint density at radius 2 is 2.14 bits per heavy atom. The summed E-state index contributed by atoms with van der Waals surface area (Å²) < 4.78 is 0. The number of halogens is 1. The van der Waals surface area contributed by atoms with Crippen LogP contribution in [-0.2, 0) is 6.42 Å². The van der Waals surface area contributed by atoms with Crippen molar-refractivity contribution in [3.8, 4) is 5.75 Å². The first kappa shape index (κ1) is 11.3.